The van der Waals surface area contributed by atoms with Crippen molar-refractivity contribution in [3.63, 3.8) is 0 Å². The lowest BCUT2D eigenvalue weighted by Crippen LogP contribution is -2.36. The first-order chi connectivity index (χ1) is 11.7. The first kappa shape index (κ1) is 16.4. The zero-order chi connectivity index (χ0) is 16.5. The number of aryl methyl sites for hydroxylation is 1. The molecule has 1 fully saturated rings. The summed E-state index contributed by atoms with van der Waals surface area (Å²) < 4.78 is 2.30. The lowest BCUT2D eigenvalue weighted by Gasteiger charge is -2.20. The highest BCUT2D eigenvalue weighted by molar-refractivity contribution is 6.35. The molecule has 1 heterocycles. The summed E-state index contributed by atoms with van der Waals surface area (Å²) in [7, 11) is 0. The number of nitrogens with zero attached hydrogens (tertiary/aromatic N) is 1. The number of aliphatic hydroxyl groups excluding tert-OH is 1. The van der Waals surface area contributed by atoms with Gasteiger partial charge in [0.15, 0.2) is 0 Å². The monoisotopic (exact) mass is 346 g/mol. The van der Waals surface area contributed by atoms with Gasteiger partial charge in [-0.2, -0.15) is 0 Å². The summed E-state index contributed by atoms with van der Waals surface area (Å²) in [5.74, 6) is 0. The number of fused-ring (bicyclic) bond motifs is 3. The van der Waals surface area contributed by atoms with Crippen molar-refractivity contribution in [2.24, 2.45) is 0 Å². The van der Waals surface area contributed by atoms with E-state index in [1.165, 1.54) is 55.2 Å². The molecule has 0 saturated heterocycles. The van der Waals surface area contributed by atoms with Gasteiger partial charge in [0, 0.05) is 23.7 Å². The molecule has 0 radical (unpaired) electrons. The molecule has 1 aromatic heterocycles. The third kappa shape index (κ3) is 3.10. The van der Waals surface area contributed by atoms with E-state index in [0.717, 1.165) is 23.4 Å². The summed E-state index contributed by atoms with van der Waals surface area (Å²) in [6.45, 7) is 1.30. The van der Waals surface area contributed by atoms with Gasteiger partial charge in [-0.15, -0.1) is 0 Å². The second-order valence-electron chi connectivity index (χ2n) is 7.42. The van der Waals surface area contributed by atoms with Gasteiger partial charge in [-0.25, -0.2) is 0 Å². The fraction of sp³-hybridized carbons (Fsp3) is 0.600. The molecule has 2 N–H and O–H groups in total. The van der Waals surface area contributed by atoms with E-state index in [1.54, 1.807) is 0 Å². The predicted octanol–water partition coefficient (Wildman–Crippen LogP) is 4.07. The summed E-state index contributed by atoms with van der Waals surface area (Å²) in [5, 5.41) is 16.2. The number of hydrogen-bond donors (Lipinski definition) is 2. The van der Waals surface area contributed by atoms with Crippen LogP contribution in [0.3, 0.4) is 0 Å². The van der Waals surface area contributed by atoms with Crippen LogP contribution in [0.2, 0.25) is 5.02 Å². The van der Waals surface area contributed by atoms with E-state index >= 15 is 0 Å². The van der Waals surface area contributed by atoms with Gasteiger partial charge in [-0.05, 0) is 50.2 Å². The van der Waals surface area contributed by atoms with Crippen LogP contribution < -0.4 is 5.32 Å². The average Bonchev–Trinajstić information content (AvgIpc) is 3.21. The minimum atomic E-state index is -0.372. The van der Waals surface area contributed by atoms with Crippen molar-refractivity contribution in [1.82, 2.24) is 9.88 Å². The molecule has 0 unspecified atom stereocenters. The van der Waals surface area contributed by atoms with E-state index in [1.807, 2.05) is 12.1 Å². The molecule has 2 aliphatic carbocycles. The lowest BCUT2D eigenvalue weighted by molar-refractivity contribution is 0.147. The number of aromatic nitrogens is 1. The molecular formula is C20H27ClN2O. The SMILES string of the molecule is O[C@H](CNC1CCCC1)Cn1c2c(c3cccc(Cl)c31)CCCC2. The van der Waals surface area contributed by atoms with Crippen LogP contribution in [0.4, 0.5) is 0 Å². The van der Waals surface area contributed by atoms with Crippen LogP contribution in [0.1, 0.15) is 49.8 Å². The van der Waals surface area contributed by atoms with Crippen LogP contribution in [0, 0.1) is 0 Å². The fourth-order valence-electron chi connectivity index (χ4n) is 4.55. The number of para-hydroxylation sites is 1. The maximum Gasteiger partial charge on any atom is 0.0843 e. The average molecular weight is 347 g/mol. The fourth-order valence-corrected chi connectivity index (χ4v) is 4.83. The quantitative estimate of drug-likeness (QED) is 0.856. The third-order valence-corrected chi connectivity index (χ3v) is 6.04. The first-order valence-corrected chi connectivity index (χ1v) is 9.81. The molecule has 1 saturated carbocycles. The number of aliphatic hydroxyl groups is 1. The second kappa shape index (κ2) is 7.07. The first-order valence-electron chi connectivity index (χ1n) is 9.44. The molecule has 1 aromatic carbocycles. The zero-order valence-electron chi connectivity index (χ0n) is 14.2. The van der Waals surface area contributed by atoms with Gasteiger partial charge in [0.05, 0.1) is 23.2 Å². The zero-order valence-corrected chi connectivity index (χ0v) is 15.0. The van der Waals surface area contributed by atoms with E-state index in [4.69, 9.17) is 11.6 Å². The van der Waals surface area contributed by atoms with Gasteiger partial charge in [0.25, 0.3) is 0 Å². The molecule has 2 aliphatic rings. The predicted molar refractivity (Wildman–Crippen MR) is 99.9 cm³/mol. The van der Waals surface area contributed by atoms with Gasteiger partial charge >= 0.3 is 0 Å². The van der Waals surface area contributed by atoms with E-state index in [-0.39, 0.29) is 6.10 Å². The van der Waals surface area contributed by atoms with Gasteiger partial charge in [-0.3, -0.25) is 0 Å². The normalized spacial score (nSPS) is 19.8. The molecular weight excluding hydrogens is 320 g/mol. The third-order valence-electron chi connectivity index (χ3n) is 5.74. The molecule has 4 rings (SSSR count). The minimum Gasteiger partial charge on any atom is -0.390 e. The molecule has 130 valence electrons. The Labute approximate surface area is 149 Å². The summed E-state index contributed by atoms with van der Waals surface area (Å²) in [6, 6.07) is 6.79. The highest BCUT2D eigenvalue weighted by Gasteiger charge is 2.23. The Bertz CT molecular complexity index is 718. The van der Waals surface area contributed by atoms with Crippen LogP contribution in [0.5, 0.6) is 0 Å². The molecule has 24 heavy (non-hydrogen) atoms. The van der Waals surface area contributed by atoms with E-state index in [2.05, 4.69) is 16.0 Å². The molecule has 2 aromatic rings. The maximum atomic E-state index is 10.6. The number of nitrogens with one attached hydrogen (secondary N) is 1. The Morgan fingerprint density at radius 3 is 2.79 bits per heavy atom. The summed E-state index contributed by atoms with van der Waals surface area (Å²) in [5.41, 5.74) is 3.96. The van der Waals surface area contributed by atoms with Crippen molar-refractivity contribution in [3.8, 4) is 0 Å². The Balaban J connectivity index is 1.58. The van der Waals surface area contributed by atoms with Crippen molar-refractivity contribution < 1.29 is 5.11 Å². The van der Waals surface area contributed by atoms with E-state index < -0.39 is 0 Å². The number of halogens is 1. The molecule has 0 aliphatic heterocycles. The molecule has 0 amide bonds. The highest BCUT2D eigenvalue weighted by Crippen LogP contribution is 2.35. The Kier molecular flexibility index (Phi) is 4.84. The van der Waals surface area contributed by atoms with Gasteiger partial charge < -0.3 is 15.0 Å². The van der Waals surface area contributed by atoms with E-state index in [9.17, 15) is 5.11 Å². The van der Waals surface area contributed by atoms with Crippen LogP contribution in [-0.4, -0.2) is 28.4 Å². The molecule has 4 heteroatoms. The van der Waals surface area contributed by atoms with E-state index in [0.29, 0.717) is 19.1 Å². The van der Waals surface area contributed by atoms with Gasteiger partial charge in [0.1, 0.15) is 0 Å². The molecule has 3 nitrogen and oxygen atoms in total. The number of benzene rings is 1. The van der Waals surface area contributed by atoms with Crippen LogP contribution in [-0.2, 0) is 19.4 Å². The Morgan fingerprint density at radius 2 is 1.96 bits per heavy atom. The summed E-state index contributed by atoms with van der Waals surface area (Å²) >= 11 is 6.53. The highest BCUT2D eigenvalue weighted by atomic mass is 35.5. The lowest BCUT2D eigenvalue weighted by atomic mass is 9.95. The van der Waals surface area contributed by atoms with Crippen molar-refractivity contribution in [1.29, 1.82) is 0 Å². The standard InChI is InChI=1S/C20H27ClN2O/c21-18-10-5-9-17-16-8-3-4-11-19(16)23(20(17)18)13-15(24)12-22-14-6-1-2-7-14/h5,9-10,14-15,22,24H,1-4,6-8,11-13H2/t15-/m1/s1. The van der Waals surface area contributed by atoms with Crippen LogP contribution in [0.15, 0.2) is 18.2 Å². The molecule has 0 bridgehead atoms. The van der Waals surface area contributed by atoms with Crippen molar-refractivity contribution in [3.05, 3.63) is 34.5 Å². The topological polar surface area (TPSA) is 37.2 Å². The van der Waals surface area contributed by atoms with Gasteiger partial charge in [0.2, 0.25) is 0 Å². The number of hydrogen-bond acceptors (Lipinski definition) is 2. The maximum absolute atomic E-state index is 10.6. The largest absolute Gasteiger partial charge is 0.390 e. The minimum absolute atomic E-state index is 0.372. The summed E-state index contributed by atoms with van der Waals surface area (Å²) in [4.78, 5) is 0. The summed E-state index contributed by atoms with van der Waals surface area (Å²) in [6.07, 6.45) is 9.49. The Hall–Kier alpha value is -1.03. The second-order valence-corrected chi connectivity index (χ2v) is 7.83. The van der Waals surface area contributed by atoms with Crippen LogP contribution in [0.25, 0.3) is 10.9 Å². The van der Waals surface area contributed by atoms with Crippen molar-refractivity contribution in [2.45, 2.75) is 70.1 Å². The van der Waals surface area contributed by atoms with Crippen LogP contribution >= 0.6 is 11.6 Å². The number of rotatable bonds is 5. The Morgan fingerprint density at radius 1 is 1.17 bits per heavy atom. The smallest absolute Gasteiger partial charge is 0.0843 e. The van der Waals surface area contributed by atoms with Crippen molar-refractivity contribution >= 4 is 22.5 Å². The molecule has 1 atom stereocenters. The molecule has 0 spiro atoms. The van der Waals surface area contributed by atoms with Crippen molar-refractivity contribution in [2.75, 3.05) is 6.54 Å². The van der Waals surface area contributed by atoms with Gasteiger partial charge in [-0.1, -0.05) is 36.6 Å².